The van der Waals surface area contributed by atoms with Gasteiger partial charge in [0.15, 0.2) is 8.32 Å². The van der Waals surface area contributed by atoms with Crippen LogP contribution in [-0.2, 0) is 9.22 Å². The second-order valence-corrected chi connectivity index (χ2v) is 12.9. The van der Waals surface area contributed by atoms with E-state index in [1.54, 1.807) is 6.08 Å². The van der Waals surface area contributed by atoms with E-state index in [2.05, 4.69) is 51.8 Å². The second-order valence-electron chi connectivity index (χ2n) is 6.98. The maximum Gasteiger partial charge on any atom is 0.217 e. The van der Waals surface area contributed by atoms with E-state index in [-0.39, 0.29) is 22.4 Å². The smallest absolute Gasteiger partial charge is 0.217 e. The van der Waals surface area contributed by atoms with Crippen molar-refractivity contribution in [1.29, 1.82) is 5.26 Å². The number of nitriles is 1. The minimum atomic E-state index is -1.96. The molecule has 0 aliphatic rings. The van der Waals surface area contributed by atoms with Crippen LogP contribution in [0.2, 0.25) is 18.1 Å². The molecular formula is C16H30N2O2SSi. The maximum atomic E-state index is 11.4. The molecule has 0 aliphatic carbocycles. The molecule has 0 radical (unpaired) electrons. The van der Waals surface area contributed by atoms with E-state index < -0.39 is 14.2 Å². The lowest BCUT2D eigenvalue weighted by molar-refractivity contribution is -0.119. The molecule has 0 spiro atoms. The lowest BCUT2D eigenvalue weighted by atomic mass is 10.1. The first kappa shape index (κ1) is 21.2. The van der Waals surface area contributed by atoms with Crippen molar-refractivity contribution < 1.29 is 9.22 Å². The molecule has 0 saturated heterocycles. The van der Waals surface area contributed by atoms with Crippen LogP contribution in [-0.4, -0.2) is 31.5 Å². The van der Waals surface area contributed by atoms with Gasteiger partial charge in [0, 0.05) is 12.7 Å². The van der Waals surface area contributed by atoms with Crippen molar-refractivity contribution in [2.75, 3.05) is 5.75 Å². The molecule has 22 heavy (non-hydrogen) atoms. The third kappa shape index (κ3) is 6.55. The summed E-state index contributed by atoms with van der Waals surface area (Å²) in [6, 6.07) is 2.32. The van der Waals surface area contributed by atoms with Crippen molar-refractivity contribution >= 4 is 26.0 Å². The number of thioether (sulfide) groups is 1. The van der Waals surface area contributed by atoms with Gasteiger partial charge in [-0.1, -0.05) is 26.8 Å². The highest BCUT2D eigenvalue weighted by Gasteiger charge is 2.41. The molecule has 0 rings (SSSR count). The minimum Gasteiger partial charge on any atom is -0.413 e. The Hall–Kier alpha value is -0.773. The van der Waals surface area contributed by atoms with E-state index >= 15 is 0 Å². The molecule has 0 saturated carbocycles. The van der Waals surface area contributed by atoms with Gasteiger partial charge in [-0.2, -0.15) is 5.26 Å². The Kier molecular flexibility index (Phi) is 8.45. The molecule has 0 aromatic rings. The standard InChI is InChI=1S/C16H30N2O2SSi/c1-9-10-21-15(18-13(3)19)14(11-17)12(2)20-22(7,8)16(4,5)6/h9,12,14-15H,1,10H2,2-8H3,(H,18,19)/t12-,14-,15-/m1/s1. The molecule has 0 fully saturated rings. The van der Waals surface area contributed by atoms with E-state index in [9.17, 15) is 10.1 Å². The van der Waals surface area contributed by atoms with Crippen LogP contribution >= 0.6 is 11.8 Å². The lowest BCUT2D eigenvalue weighted by Gasteiger charge is -2.40. The van der Waals surface area contributed by atoms with Crippen molar-refractivity contribution in [3.63, 3.8) is 0 Å². The number of carbonyl (C=O) groups excluding carboxylic acids is 1. The van der Waals surface area contributed by atoms with Gasteiger partial charge in [-0.25, -0.2) is 0 Å². The Bertz CT molecular complexity index is 427. The molecule has 0 unspecified atom stereocenters. The van der Waals surface area contributed by atoms with Gasteiger partial charge in [0.25, 0.3) is 0 Å². The van der Waals surface area contributed by atoms with Gasteiger partial charge >= 0.3 is 0 Å². The van der Waals surface area contributed by atoms with E-state index in [0.29, 0.717) is 5.75 Å². The Balaban J connectivity index is 5.14. The fraction of sp³-hybridized carbons (Fsp3) is 0.750. The molecule has 0 aromatic carbocycles. The lowest BCUT2D eigenvalue weighted by Crippen LogP contribution is -2.48. The van der Waals surface area contributed by atoms with Crippen LogP contribution in [0.3, 0.4) is 0 Å². The molecule has 1 N–H and O–H groups in total. The first-order chi connectivity index (χ1) is 9.96. The van der Waals surface area contributed by atoms with Gasteiger partial charge < -0.3 is 9.74 Å². The summed E-state index contributed by atoms with van der Waals surface area (Å²) in [6.45, 7) is 17.9. The zero-order valence-corrected chi connectivity index (χ0v) is 16.7. The highest BCUT2D eigenvalue weighted by atomic mass is 32.2. The van der Waals surface area contributed by atoms with Crippen LogP contribution in [0.1, 0.15) is 34.6 Å². The molecule has 0 heterocycles. The van der Waals surface area contributed by atoms with E-state index in [1.165, 1.54) is 18.7 Å². The van der Waals surface area contributed by atoms with Crippen molar-refractivity contribution in [3.8, 4) is 6.07 Å². The molecule has 126 valence electrons. The average molecular weight is 343 g/mol. The minimum absolute atomic E-state index is 0.0824. The van der Waals surface area contributed by atoms with Crippen LogP contribution in [0, 0.1) is 17.2 Å². The topological polar surface area (TPSA) is 62.1 Å². The third-order valence-corrected chi connectivity index (χ3v) is 9.78. The zero-order chi connectivity index (χ0) is 17.6. The number of rotatable bonds is 8. The molecular weight excluding hydrogens is 312 g/mol. The van der Waals surface area contributed by atoms with Crippen LogP contribution in [0.5, 0.6) is 0 Å². The molecule has 4 nitrogen and oxygen atoms in total. The number of nitrogens with zero attached hydrogens (tertiary/aromatic N) is 1. The Labute approximate surface area is 140 Å². The molecule has 1 amide bonds. The van der Waals surface area contributed by atoms with Crippen LogP contribution in [0.15, 0.2) is 12.7 Å². The predicted molar refractivity (Wildman–Crippen MR) is 97.1 cm³/mol. The maximum absolute atomic E-state index is 11.4. The summed E-state index contributed by atoms with van der Waals surface area (Å²) in [7, 11) is -1.96. The summed E-state index contributed by atoms with van der Waals surface area (Å²) in [6.07, 6.45) is 1.54. The molecule has 0 aliphatic heterocycles. The average Bonchev–Trinajstić information content (AvgIpc) is 2.33. The summed E-state index contributed by atoms with van der Waals surface area (Å²) < 4.78 is 6.32. The number of hydrogen-bond donors (Lipinski definition) is 1. The molecule has 3 atom stereocenters. The summed E-state index contributed by atoms with van der Waals surface area (Å²) in [5, 5.41) is 12.2. The van der Waals surface area contributed by atoms with Gasteiger partial charge in [0.05, 0.1) is 17.5 Å². The van der Waals surface area contributed by atoms with Crippen molar-refractivity contribution in [2.45, 2.75) is 64.2 Å². The second kappa shape index (κ2) is 8.75. The summed E-state index contributed by atoms with van der Waals surface area (Å²) in [5.41, 5.74) is 0. The van der Waals surface area contributed by atoms with Gasteiger partial charge in [0.1, 0.15) is 5.92 Å². The Morgan fingerprint density at radius 1 is 1.50 bits per heavy atom. The monoisotopic (exact) mass is 342 g/mol. The first-order valence-electron chi connectivity index (χ1n) is 7.53. The SMILES string of the molecule is C=CCS[C@@H](NC(C)=O)[C@H](C#N)[C@@H](C)O[Si](C)(C)C(C)(C)C. The van der Waals surface area contributed by atoms with E-state index in [0.717, 1.165) is 0 Å². The normalized spacial score (nSPS) is 16.3. The third-order valence-electron chi connectivity index (χ3n) is 4.01. The highest BCUT2D eigenvalue weighted by Crippen LogP contribution is 2.38. The number of nitrogens with one attached hydrogen (secondary N) is 1. The van der Waals surface area contributed by atoms with E-state index in [4.69, 9.17) is 4.43 Å². The Morgan fingerprint density at radius 2 is 2.05 bits per heavy atom. The van der Waals surface area contributed by atoms with Crippen molar-refractivity contribution in [2.24, 2.45) is 5.92 Å². The van der Waals surface area contributed by atoms with Crippen molar-refractivity contribution in [1.82, 2.24) is 5.32 Å². The van der Waals surface area contributed by atoms with Crippen molar-refractivity contribution in [3.05, 3.63) is 12.7 Å². The van der Waals surface area contributed by atoms with Gasteiger partial charge in [-0.05, 0) is 25.1 Å². The van der Waals surface area contributed by atoms with E-state index in [1.807, 2.05) is 6.92 Å². The molecule has 0 aromatic heterocycles. The van der Waals surface area contributed by atoms with Gasteiger partial charge in [-0.15, -0.1) is 18.3 Å². The zero-order valence-electron chi connectivity index (χ0n) is 14.9. The fourth-order valence-electron chi connectivity index (χ4n) is 1.74. The van der Waals surface area contributed by atoms with Crippen LogP contribution in [0.25, 0.3) is 0 Å². The van der Waals surface area contributed by atoms with Crippen LogP contribution in [0.4, 0.5) is 0 Å². The summed E-state index contributed by atoms with van der Waals surface area (Å²) in [4.78, 5) is 11.4. The van der Waals surface area contributed by atoms with Gasteiger partial charge in [0.2, 0.25) is 5.91 Å². The predicted octanol–water partition coefficient (Wildman–Crippen LogP) is 3.92. The largest absolute Gasteiger partial charge is 0.413 e. The van der Waals surface area contributed by atoms with Gasteiger partial charge in [-0.3, -0.25) is 4.79 Å². The first-order valence-corrected chi connectivity index (χ1v) is 11.5. The molecule has 6 heteroatoms. The Morgan fingerprint density at radius 3 is 2.41 bits per heavy atom. The highest BCUT2D eigenvalue weighted by molar-refractivity contribution is 8.00. The fourth-order valence-corrected chi connectivity index (χ4v) is 4.25. The summed E-state index contributed by atoms with van der Waals surface area (Å²) >= 11 is 1.51. The quantitative estimate of drug-likeness (QED) is 0.412. The number of amides is 1. The molecule has 0 bridgehead atoms. The van der Waals surface area contributed by atoms with Crippen LogP contribution < -0.4 is 5.32 Å². The summed E-state index contributed by atoms with van der Waals surface area (Å²) in [5.74, 6) is 0.139. The number of hydrogen-bond acceptors (Lipinski definition) is 4. The number of carbonyl (C=O) groups is 1.